The first-order chi connectivity index (χ1) is 9.95. The van der Waals surface area contributed by atoms with Crippen LogP contribution in [-0.4, -0.2) is 36.6 Å². The van der Waals surface area contributed by atoms with E-state index in [-0.39, 0.29) is 30.1 Å². The number of benzene rings is 1. The lowest BCUT2D eigenvalue weighted by Gasteiger charge is -2.30. The lowest BCUT2D eigenvalue weighted by Crippen LogP contribution is -2.41. The van der Waals surface area contributed by atoms with Crippen LogP contribution in [0.3, 0.4) is 0 Å². The summed E-state index contributed by atoms with van der Waals surface area (Å²) < 4.78 is 5.22. The number of carbonyl (C=O) groups excluding carboxylic acids is 1. The highest BCUT2D eigenvalue weighted by atomic mass is 35.5. The molecule has 21 heavy (non-hydrogen) atoms. The normalized spacial score (nSPS) is 23.9. The smallest absolute Gasteiger partial charge is 0.241 e. The molecule has 1 saturated heterocycles. The van der Waals surface area contributed by atoms with E-state index in [9.17, 15) is 4.79 Å². The van der Waals surface area contributed by atoms with E-state index in [1.165, 1.54) is 0 Å². The number of nitrogens with one attached hydrogen (secondary N) is 1. The molecule has 0 spiro atoms. The number of hydrogen-bond donors (Lipinski definition) is 1. The van der Waals surface area contributed by atoms with Crippen molar-refractivity contribution in [2.45, 2.75) is 39.0 Å². The largest absolute Gasteiger partial charge is 0.383 e. The molecule has 0 bridgehead atoms. The van der Waals surface area contributed by atoms with Crippen molar-refractivity contribution in [1.29, 1.82) is 0 Å². The second-order valence-corrected chi connectivity index (χ2v) is 6.33. The van der Waals surface area contributed by atoms with Crippen LogP contribution < -0.4 is 5.32 Å². The van der Waals surface area contributed by atoms with Crippen LogP contribution in [0.5, 0.6) is 0 Å². The van der Waals surface area contributed by atoms with Gasteiger partial charge >= 0.3 is 0 Å². The number of nitrogens with zero attached hydrogens (tertiary/aromatic N) is 1. The molecule has 4 nitrogen and oxygen atoms in total. The predicted octanol–water partition coefficient (Wildman–Crippen LogP) is 2.83. The minimum atomic E-state index is -0.162. The first kappa shape index (κ1) is 16.3. The maximum absolute atomic E-state index is 12.7. The van der Waals surface area contributed by atoms with E-state index in [1.807, 2.05) is 36.1 Å². The van der Waals surface area contributed by atoms with E-state index in [1.54, 1.807) is 7.11 Å². The van der Waals surface area contributed by atoms with Gasteiger partial charge in [-0.3, -0.25) is 10.1 Å². The monoisotopic (exact) mass is 310 g/mol. The zero-order valence-corrected chi connectivity index (χ0v) is 13.7. The Kier molecular flexibility index (Phi) is 5.25. The molecule has 1 aromatic rings. The van der Waals surface area contributed by atoms with E-state index in [0.717, 1.165) is 5.56 Å². The lowest BCUT2D eigenvalue weighted by atomic mass is 10.0. The number of carbonyl (C=O) groups is 1. The molecule has 0 saturated carbocycles. The Hall–Kier alpha value is -1.10. The van der Waals surface area contributed by atoms with Crippen molar-refractivity contribution in [3.63, 3.8) is 0 Å². The van der Waals surface area contributed by atoms with Crippen molar-refractivity contribution in [3.05, 3.63) is 34.9 Å². The molecule has 1 aromatic carbocycles. The quantitative estimate of drug-likeness (QED) is 0.909. The average molecular weight is 311 g/mol. The Morgan fingerprint density at radius 2 is 1.90 bits per heavy atom. The number of hydrogen-bond acceptors (Lipinski definition) is 3. The van der Waals surface area contributed by atoms with Gasteiger partial charge in [0.15, 0.2) is 0 Å². The second-order valence-electron chi connectivity index (χ2n) is 5.89. The molecule has 0 aliphatic carbocycles. The van der Waals surface area contributed by atoms with E-state index >= 15 is 0 Å². The van der Waals surface area contributed by atoms with Crippen LogP contribution in [0.1, 0.15) is 32.5 Å². The van der Waals surface area contributed by atoms with Crippen molar-refractivity contribution >= 4 is 17.5 Å². The Bertz CT molecular complexity index is 490. The first-order valence-electron chi connectivity index (χ1n) is 7.28. The highest BCUT2D eigenvalue weighted by molar-refractivity contribution is 6.30. The molecule has 1 fully saturated rings. The third kappa shape index (κ3) is 3.39. The van der Waals surface area contributed by atoms with E-state index in [2.05, 4.69) is 19.2 Å². The lowest BCUT2D eigenvalue weighted by molar-refractivity contribution is -0.133. The fourth-order valence-electron chi connectivity index (χ4n) is 2.78. The van der Waals surface area contributed by atoms with Crippen LogP contribution in [-0.2, 0) is 9.53 Å². The van der Waals surface area contributed by atoms with Gasteiger partial charge in [-0.1, -0.05) is 37.6 Å². The van der Waals surface area contributed by atoms with E-state index in [0.29, 0.717) is 11.6 Å². The first-order valence-corrected chi connectivity index (χ1v) is 7.66. The number of rotatable bonds is 5. The Labute approximate surface area is 131 Å². The highest BCUT2D eigenvalue weighted by Crippen LogP contribution is 2.30. The molecular weight excluding hydrogens is 288 g/mol. The molecule has 5 heteroatoms. The van der Waals surface area contributed by atoms with Crippen molar-refractivity contribution in [2.75, 3.05) is 13.7 Å². The maximum atomic E-state index is 12.7. The SMILES string of the molecule is COCC(C)N1C(=O)C(C(C)C)NC1c1ccc(Cl)cc1. The molecule has 116 valence electrons. The number of ether oxygens (including phenoxy) is 1. The fraction of sp³-hybridized carbons (Fsp3) is 0.562. The van der Waals surface area contributed by atoms with Crippen LogP contribution >= 0.6 is 11.6 Å². The Morgan fingerprint density at radius 1 is 1.29 bits per heavy atom. The van der Waals surface area contributed by atoms with Gasteiger partial charge in [-0.05, 0) is 30.5 Å². The summed E-state index contributed by atoms with van der Waals surface area (Å²) in [5.74, 6) is 0.376. The number of amides is 1. The molecule has 3 atom stereocenters. The molecule has 1 amide bonds. The molecule has 1 aliphatic rings. The van der Waals surface area contributed by atoms with Crippen LogP contribution in [0.15, 0.2) is 24.3 Å². The highest BCUT2D eigenvalue weighted by Gasteiger charge is 2.43. The Balaban J connectivity index is 2.31. The molecular formula is C16H23ClN2O2. The van der Waals surface area contributed by atoms with E-state index in [4.69, 9.17) is 16.3 Å². The average Bonchev–Trinajstić information content (AvgIpc) is 2.77. The summed E-state index contributed by atoms with van der Waals surface area (Å²) in [4.78, 5) is 14.6. The van der Waals surface area contributed by atoms with Gasteiger partial charge in [0.05, 0.1) is 18.7 Å². The van der Waals surface area contributed by atoms with Gasteiger partial charge in [0, 0.05) is 12.1 Å². The van der Waals surface area contributed by atoms with Crippen LogP contribution in [0.25, 0.3) is 0 Å². The molecule has 1 heterocycles. The summed E-state index contributed by atoms with van der Waals surface area (Å²) >= 11 is 5.95. The third-order valence-electron chi connectivity index (χ3n) is 3.87. The zero-order chi connectivity index (χ0) is 15.6. The number of halogens is 1. The summed E-state index contributed by atoms with van der Waals surface area (Å²) in [6.45, 7) is 6.63. The van der Waals surface area contributed by atoms with Gasteiger partial charge < -0.3 is 9.64 Å². The minimum Gasteiger partial charge on any atom is -0.383 e. The molecule has 1 N–H and O–H groups in total. The molecule has 1 aliphatic heterocycles. The summed E-state index contributed by atoms with van der Waals surface area (Å²) in [5, 5.41) is 4.14. The van der Waals surface area contributed by atoms with Crippen LogP contribution in [0.4, 0.5) is 0 Å². The molecule has 3 unspecified atom stereocenters. The molecule has 0 radical (unpaired) electrons. The molecule has 0 aromatic heterocycles. The minimum absolute atomic E-state index is 0.0134. The van der Waals surface area contributed by atoms with Crippen molar-refractivity contribution < 1.29 is 9.53 Å². The standard InChI is InChI=1S/C16H23ClN2O2/c1-10(2)14-16(20)19(11(3)9-21-4)15(18-14)12-5-7-13(17)8-6-12/h5-8,10-11,14-15,18H,9H2,1-4H3. The van der Waals surface area contributed by atoms with Gasteiger partial charge in [0.1, 0.15) is 6.17 Å². The summed E-state index contributed by atoms with van der Waals surface area (Å²) in [6.07, 6.45) is -0.132. The fourth-order valence-corrected chi connectivity index (χ4v) is 2.91. The van der Waals surface area contributed by atoms with Gasteiger partial charge in [0.2, 0.25) is 5.91 Å². The van der Waals surface area contributed by atoms with Gasteiger partial charge in [-0.2, -0.15) is 0 Å². The Morgan fingerprint density at radius 3 is 2.43 bits per heavy atom. The maximum Gasteiger partial charge on any atom is 0.241 e. The predicted molar refractivity (Wildman–Crippen MR) is 84.1 cm³/mol. The van der Waals surface area contributed by atoms with Crippen molar-refractivity contribution in [1.82, 2.24) is 10.2 Å². The van der Waals surface area contributed by atoms with E-state index < -0.39 is 0 Å². The van der Waals surface area contributed by atoms with Gasteiger partial charge in [0.25, 0.3) is 0 Å². The third-order valence-corrected chi connectivity index (χ3v) is 4.12. The van der Waals surface area contributed by atoms with Crippen LogP contribution in [0.2, 0.25) is 5.02 Å². The van der Waals surface area contributed by atoms with Gasteiger partial charge in [-0.15, -0.1) is 0 Å². The van der Waals surface area contributed by atoms with Gasteiger partial charge in [-0.25, -0.2) is 0 Å². The molecule has 2 rings (SSSR count). The summed E-state index contributed by atoms with van der Waals surface area (Å²) in [6, 6.07) is 7.48. The summed E-state index contributed by atoms with van der Waals surface area (Å²) in [5.41, 5.74) is 1.04. The zero-order valence-electron chi connectivity index (χ0n) is 13.0. The number of methoxy groups -OCH3 is 1. The van der Waals surface area contributed by atoms with Crippen LogP contribution in [0, 0.1) is 5.92 Å². The topological polar surface area (TPSA) is 41.6 Å². The summed E-state index contributed by atoms with van der Waals surface area (Å²) in [7, 11) is 1.65. The second kappa shape index (κ2) is 6.77. The van der Waals surface area contributed by atoms with Crippen molar-refractivity contribution in [3.8, 4) is 0 Å². The van der Waals surface area contributed by atoms with Crippen molar-refractivity contribution in [2.24, 2.45) is 5.92 Å².